The maximum Gasteiger partial charge on any atom is 0.231 e. The van der Waals surface area contributed by atoms with Crippen molar-refractivity contribution in [3.63, 3.8) is 0 Å². The van der Waals surface area contributed by atoms with Gasteiger partial charge in [0.25, 0.3) is 0 Å². The highest BCUT2D eigenvalue weighted by Crippen LogP contribution is 2.21. The second-order valence-corrected chi connectivity index (χ2v) is 3.81. The Labute approximate surface area is 92.8 Å². The molecule has 2 unspecified atom stereocenters. The third kappa shape index (κ3) is 2.36. The number of ether oxygens (including phenoxy) is 1. The summed E-state index contributed by atoms with van der Waals surface area (Å²) in [5, 5.41) is 2.59. The fourth-order valence-corrected chi connectivity index (χ4v) is 1.77. The van der Waals surface area contributed by atoms with Crippen LogP contribution in [0, 0.1) is 11.9 Å². The largest absolute Gasteiger partial charge is 0.378 e. The lowest BCUT2D eigenvalue weighted by molar-refractivity contribution is -0.121. The highest BCUT2D eigenvalue weighted by Gasteiger charge is 2.30. The molecule has 4 nitrogen and oxygen atoms in total. The van der Waals surface area contributed by atoms with E-state index < -0.39 is 5.95 Å². The fraction of sp³-hybridized carbons (Fsp3) is 0.455. The lowest BCUT2D eigenvalue weighted by Crippen LogP contribution is -2.28. The van der Waals surface area contributed by atoms with Gasteiger partial charge in [0.05, 0.1) is 12.0 Å². The minimum Gasteiger partial charge on any atom is -0.378 e. The first-order chi connectivity index (χ1) is 7.66. The van der Waals surface area contributed by atoms with E-state index in [4.69, 9.17) is 4.74 Å². The van der Waals surface area contributed by atoms with Crippen molar-refractivity contribution in [2.75, 3.05) is 11.9 Å². The summed E-state index contributed by atoms with van der Waals surface area (Å²) in [6, 6.07) is 4.30. The number of carbonyl (C=O) groups is 1. The summed E-state index contributed by atoms with van der Waals surface area (Å²) in [5.74, 6) is -0.703. The van der Waals surface area contributed by atoms with Crippen molar-refractivity contribution < 1.29 is 13.9 Å². The minimum atomic E-state index is -0.603. The molecule has 86 valence electrons. The lowest BCUT2D eigenvalue weighted by atomic mass is 10.0. The van der Waals surface area contributed by atoms with Gasteiger partial charge >= 0.3 is 0 Å². The van der Waals surface area contributed by atoms with Crippen LogP contribution in [-0.4, -0.2) is 23.6 Å². The molecule has 2 rings (SSSR count). The first-order valence-electron chi connectivity index (χ1n) is 5.22. The van der Waals surface area contributed by atoms with Crippen molar-refractivity contribution in [3.05, 3.63) is 24.1 Å². The number of pyridine rings is 1. The molecule has 0 aromatic carbocycles. The quantitative estimate of drug-likeness (QED) is 0.776. The molecule has 1 aliphatic heterocycles. The average Bonchev–Trinajstić information content (AvgIpc) is 2.64. The van der Waals surface area contributed by atoms with E-state index >= 15 is 0 Å². The molecular weight excluding hydrogens is 211 g/mol. The molecule has 0 saturated carbocycles. The second kappa shape index (κ2) is 4.57. The molecule has 0 radical (unpaired) electrons. The molecular formula is C11H13FN2O2. The summed E-state index contributed by atoms with van der Waals surface area (Å²) < 4.78 is 18.1. The van der Waals surface area contributed by atoms with E-state index in [1.807, 2.05) is 6.92 Å². The Morgan fingerprint density at radius 2 is 2.44 bits per heavy atom. The standard InChI is InChI=1S/C11H13FN2O2/c1-7-8(5-6-16-7)11(15)14-10-4-2-3-9(12)13-10/h2-4,7-8H,5-6H2,1H3,(H,13,14,15). The van der Waals surface area contributed by atoms with Crippen LogP contribution in [-0.2, 0) is 9.53 Å². The smallest absolute Gasteiger partial charge is 0.231 e. The number of hydrogen-bond donors (Lipinski definition) is 1. The third-order valence-electron chi connectivity index (χ3n) is 2.68. The summed E-state index contributed by atoms with van der Waals surface area (Å²) >= 11 is 0. The van der Waals surface area contributed by atoms with Crippen LogP contribution in [0.2, 0.25) is 0 Å². The average molecular weight is 224 g/mol. The predicted molar refractivity (Wildman–Crippen MR) is 56.3 cm³/mol. The highest BCUT2D eigenvalue weighted by molar-refractivity contribution is 5.92. The zero-order valence-electron chi connectivity index (χ0n) is 8.94. The second-order valence-electron chi connectivity index (χ2n) is 3.81. The molecule has 0 spiro atoms. The Kier molecular flexibility index (Phi) is 3.14. The zero-order chi connectivity index (χ0) is 11.5. The normalized spacial score (nSPS) is 24.4. The molecule has 1 fully saturated rings. The van der Waals surface area contributed by atoms with Gasteiger partial charge in [-0.25, -0.2) is 4.98 Å². The fourth-order valence-electron chi connectivity index (χ4n) is 1.77. The van der Waals surface area contributed by atoms with Crippen molar-refractivity contribution in [3.8, 4) is 0 Å². The molecule has 0 bridgehead atoms. The number of rotatable bonds is 2. The van der Waals surface area contributed by atoms with Crippen LogP contribution < -0.4 is 5.32 Å². The Bertz CT molecular complexity index is 397. The number of halogens is 1. The molecule has 0 aliphatic carbocycles. The van der Waals surface area contributed by atoms with E-state index in [2.05, 4.69) is 10.3 Å². The number of amides is 1. The number of nitrogens with zero attached hydrogens (tertiary/aromatic N) is 1. The molecule has 2 atom stereocenters. The molecule has 1 aliphatic rings. The Morgan fingerprint density at radius 1 is 1.62 bits per heavy atom. The molecule has 1 amide bonds. The third-order valence-corrected chi connectivity index (χ3v) is 2.68. The molecule has 5 heteroatoms. The van der Waals surface area contributed by atoms with Gasteiger partial charge in [-0.2, -0.15) is 4.39 Å². The summed E-state index contributed by atoms with van der Waals surface area (Å²) in [4.78, 5) is 15.4. The number of aromatic nitrogens is 1. The number of anilines is 1. The summed E-state index contributed by atoms with van der Waals surface area (Å²) in [6.45, 7) is 2.45. The van der Waals surface area contributed by atoms with Gasteiger partial charge < -0.3 is 10.1 Å². The zero-order valence-corrected chi connectivity index (χ0v) is 8.94. The molecule has 16 heavy (non-hydrogen) atoms. The van der Waals surface area contributed by atoms with Crippen LogP contribution in [0.4, 0.5) is 10.2 Å². The van der Waals surface area contributed by atoms with E-state index in [-0.39, 0.29) is 23.7 Å². The van der Waals surface area contributed by atoms with Crippen molar-refractivity contribution in [2.24, 2.45) is 5.92 Å². The van der Waals surface area contributed by atoms with Gasteiger partial charge in [0.15, 0.2) is 0 Å². The predicted octanol–water partition coefficient (Wildman–Crippen LogP) is 1.58. The van der Waals surface area contributed by atoms with E-state index in [1.54, 1.807) is 6.07 Å². The summed E-state index contributed by atoms with van der Waals surface area (Å²) in [7, 11) is 0. The summed E-state index contributed by atoms with van der Waals surface area (Å²) in [6.07, 6.45) is 0.607. The van der Waals surface area contributed by atoms with Gasteiger partial charge in [-0.05, 0) is 25.5 Å². The van der Waals surface area contributed by atoms with Crippen LogP contribution >= 0.6 is 0 Å². The highest BCUT2D eigenvalue weighted by atomic mass is 19.1. The van der Waals surface area contributed by atoms with Crippen LogP contribution in [0.3, 0.4) is 0 Å². The van der Waals surface area contributed by atoms with Gasteiger partial charge in [0.2, 0.25) is 11.9 Å². The molecule has 1 aromatic rings. The van der Waals surface area contributed by atoms with Crippen molar-refractivity contribution in [1.29, 1.82) is 0 Å². The first-order valence-corrected chi connectivity index (χ1v) is 5.22. The van der Waals surface area contributed by atoms with E-state index in [9.17, 15) is 9.18 Å². The monoisotopic (exact) mass is 224 g/mol. The topological polar surface area (TPSA) is 51.2 Å². The molecule has 1 aromatic heterocycles. The first kappa shape index (κ1) is 11.0. The van der Waals surface area contributed by atoms with Crippen LogP contribution in [0.25, 0.3) is 0 Å². The van der Waals surface area contributed by atoms with Crippen LogP contribution in [0.5, 0.6) is 0 Å². The lowest BCUT2D eigenvalue weighted by Gasteiger charge is -2.13. The molecule has 1 N–H and O–H groups in total. The number of carbonyl (C=O) groups excluding carboxylic acids is 1. The van der Waals surface area contributed by atoms with Crippen molar-refractivity contribution in [1.82, 2.24) is 4.98 Å². The summed E-state index contributed by atoms with van der Waals surface area (Å²) in [5.41, 5.74) is 0. The van der Waals surface area contributed by atoms with E-state index in [0.717, 1.165) is 0 Å². The van der Waals surface area contributed by atoms with E-state index in [1.165, 1.54) is 12.1 Å². The molecule has 2 heterocycles. The van der Waals surface area contributed by atoms with Crippen molar-refractivity contribution in [2.45, 2.75) is 19.4 Å². The van der Waals surface area contributed by atoms with Crippen LogP contribution in [0.15, 0.2) is 18.2 Å². The number of hydrogen-bond acceptors (Lipinski definition) is 3. The van der Waals surface area contributed by atoms with Crippen LogP contribution in [0.1, 0.15) is 13.3 Å². The maximum absolute atomic E-state index is 12.8. The Morgan fingerprint density at radius 3 is 3.06 bits per heavy atom. The van der Waals surface area contributed by atoms with Gasteiger partial charge in [-0.3, -0.25) is 4.79 Å². The molecule has 1 saturated heterocycles. The van der Waals surface area contributed by atoms with Gasteiger partial charge in [-0.1, -0.05) is 6.07 Å². The van der Waals surface area contributed by atoms with E-state index in [0.29, 0.717) is 13.0 Å². The minimum absolute atomic E-state index is 0.0893. The Hall–Kier alpha value is -1.49. The van der Waals surface area contributed by atoms with Crippen molar-refractivity contribution >= 4 is 11.7 Å². The van der Waals surface area contributed by atoms with Gasteiger partial charge in [-0.15, -0.1) is 0 Å². The number of nitrogens with one attached hydrogen (secondary N) is 1. The SMILES string of the molecule is CC1OCCC1C(=O)Nc1cccc(F)n1. The van der Waals surface area contributed by atoms with Gasteiger partial charge in [0, 0.05) is 6.61 Å². The van der Waals surface area contributed by atoms with Gasteiger partial charge in [0.1, 0.15) is 5.82 Å². The Balaban J connectivity index is 2.02. The maximum atomic E-state index is 12.8.